The van der Waals surface area contributed by atoms with Crippen LogP contribution in [0, 0.1) is 0 Å². The average Bonchev–Trinajstić information content (AvgIpc) is 2.58. The molecule has 0 N–H and O–H groups in total. The van der Waals surface area contributed by atoms with Crippen molar-refractivity contribution in [2.45, 2.75) is 51.9 Å². The third kappa shape index (κ3) is 5.67. The fraction of sp³-hybridized carbons (Fsp3) is 0.364. The van der Waals surface area contributed by atoms with Gasteiger partial charge >= 0.3 is 0 Å². The van der Waals surface area contributed by atoms with E-state index in [1.807, 2.05) is 12.1 Å². The number of aryl methyl sites for hydroxylation is 1. The van der Waals surface area contributed by atoms with Crippen LogP contribution in [0.25, 0.3) is 17.0 Å². The minimum Gasteiger partial charge on any atom is -0.207 e. The van der Waals surface area contributed by atoms with Crippen LogP contribution in [0.3, 0.4) is 0 Å². The number of hydrogen-bond acceptors (Lipinski definition) is 0. The second-order valence-electron chi connectivity index (χ2n) is 6.20. The summed E-state index contributed by atoms with van der Waals surface area (Å²) in [6, 6.07) is 16.2. The molecule has 0 saturated heterocycles. The maximum absolute atomic E-state index is 13.0. The van der Waals surface area contributed by atoms with Gasteiger partial charge in [-0.05, 0) is 29.5 Å². The topological polar surface area (TPSA) is 0 Å². The summed E-state index contributed by atoms with van der Waals surface area (Å²) in [5, 5.41) is 0. The quantitative estimate of drug-likeness (QED) is 0.430. The van der Waals surface area contributed by atoms with Crippen LogP contribution in [-0.4, -0.2) is 0 Å². The van der Waals surface area contributed by atoms with E-state index in [4.69, 9.17) is 0 Å². The predicted octanol–water partition coefficient (Wildman–Crippen LogP) is 7.20. The Morgan fingerprint density at radius 2 is 1.30 bits per heavy atom. The van der Waals surface area contributed by atoms with Crippen molar-refractivity contribution in [2.24, 2.45) is 0 Å². The Bertz CT molecular complexity index is 593. The molecule has 2 aromatic carbocycles. The summed E-state index contributed by atoms with van der Waals surface area (Å²) >= 11 is 0. The van der Waals surface area contributed by atoms with E-state index in [1.54, 1.807) is 12.1 Å². The van der Waals surface area contributed by atoms with Gasteiger partial charge in [0.15, 0.2) is 0 Å². The normalized spacial score (nSPS) is 10.7. The zero-order valence-corrected chi connectivity index (χ0v) is 14.2. The molecule has 0 aliphatic heterocycles. The molecular formula is C22H27F. The summed E-state index contributed by atoms with van der Waals surface area (Å²) in [6.07, 6.45) is 9.17. The molecule has 0 unspecified atom stereocenters. The van der Waals surface area contributed by atoms with E-state index >= 15 is 0 Å². The van der Waals surface area contributed by atoms with Crippen LogP contribution in [0.2, 0.25) is 0 Å². The van der Waals surface area contributed by atoms with Crippen molar-refractivity contribution in [3.8, 4) is 11.1 Å². The minimum atomic E-state index is -0.383. The summed E-state index contributed by atoms with van der Waals surface area (Å²) in [5.41, 5.74) is 4.24. The fourth-order valence-corrected chi connectivity index (χ4v) is 2.82. The first-order valence-electron chi connectivity index (χ1n) is 8.75. The van der Waals surface area contributed by atoms with Gasteiger partial charge in [0.2, 0.25) is 0 Å². The molecule has 1 heteroatoms. The average molecular weight is 310 g/mol. The van der Waals surface area contributed by atoms with E-state index in [2.05, 4.69) is 37.8 Å². The molecule has 0 aliphatic rings. The smallest absolute Gasteiger partial charge is 0.123 e. The molecule has 122 valence electrons. The molecule has 0 atom stereocenters. The van der Waals surface area contributed by atoms with Crippen molar-refractivity contribution in [1.29, 1.82) is 0 Å². The van der Waals surface area contributed by atoms with E-state index in [-0.39, 0.29) is 5.83 Å². The van der Waals surface area contributed by atoms with Crippen molar-refractivity contribution in [3.63, 3.8) is 0 Å². The third-order valence-electron chi connectivity index (χ3n) is 4.30. The van der Waals surface area contributed by atoms with Crippen molar-refractivity contribution >= 4 is 5.83 Å². The SMILES string of the molecule is C=C(F)c1ccc(-c2ccc(CCCCCCCC)cc2)cc1. The lowest BCUT2D eigenvalue weighted by Crippen LogP contribution is -1.87. The fourth-order valence-electron chi connectivity index (χ4n) is 2.82. The Balaban J connectivity index is 1.85. The molecule has 0 radical (unpaired) electrons. The number of rotatable bonds is 9. The lowest BCUT2D eigenvalue weighted by molar-refractivity contribution is 0.607. The molecule has 0 fully saturated rings. The molecule has 2 aromatic rings. The van der Waals surface area contributed by atoms with Gasteiger partial charge in [-0.2, -0.15) is 0 Å². The number of hydrogen-bond donors (Lipinski definition) is 0. The molecule has 0 amide bonds. The summed E-state index contributed by atoms with van der Waals surface area (Å²) in [5.74, 6) is -0.383. The van der Waals surface area contributed by atoms with Gasteiger partial charge in [-0.15, -0.1) is 0 Å². The van der Waals surface area contributed by atoms with E-state index in [1.165, 1.54) is 49.7 Å². The Morgan fingerprint density at radius 3 is 1.87 bits per heavy atom. The van der Waals surface area contributed by atoms with Crippen LogP contribution in [0.4, 0.5) is 4.39 Å². The Hall–Kier alpha value is -1.89. The number of benzene rings is 2. The van der Waals surface area contributed by atoms with Gasteiger partial charge in [0.05, 0.1) is 0 Å². The molecule has 0 nitrogen and oxygen atoms in total. The Morgan fingerprint density at radius 1 is 0.783 bits per heavy atom. The van der Waals surface area contributed by atoms with Crippen LogP contribution in [0.5, 0.6) is 0 Å². The first kappa shape index (κ1) is 17.5. The largest absolute Gasteiger partial charge is 0.207 e. The maximum Gasteiger partial charge on any atom is 0.123 e. The van der Waals surface area contributed by atoms with Crippen molar-refractivity contribution in [3.05, 3.63) is 66.2 Å². The molecule has 0 saturated carbocycles. The van der Waals surface area contributed by atoms with Crippen LogP contribution in [-0.2, 0) is 6.42 Å². The van der Waals surface area contributed by atoms with Crippen molar-refractivity contribution in [1.82, 2.24) is 0 Å². The van der Waals surface area contributed by atoms with Crippen LogP contribution in [0.1, 0.15) is 56.6 Å². The van der Waals surface area contributed by atoms with Gasteiger partial charge in [0.1, 0.15) is 5.83 Å². The van der Waals surface area contributed by atoms with Gasteiger partial charge in [0, 0.05) is 5.56 Å². The molecule has 0 aliphatic carbocycles. The van der Waals surface area contributed by atoms with Gasteiger partial charge in [-0.25, -0.2) is 4.39 Å². The van der Waals surface area contributed by atoms with Gasteiger partial charge in [-0.1, -0.05) is 94.1 Å². The Labute approximate surface area is 140 Å². The number of unbranched alkanes of at least 4 members (excludes halogenated alkanes) is 5. The molecule has 23 heavy (non-hydrogen) atoms. The van der Waals surface area contributed by atoms with Crippen LogP contribution in [0.15, 0.2) is 55.1 Å². The number of halogens is 1. The second-order valence-corrected chi connectivity index (χ2v) is 6.20. The summed E-state index contributed by atoms with van der Waals surface area (Å²) in [4.78, 5) is 0. The first-order chi connectivity index (χ1) is 11.2. The summed E-state index contributed by atoms with van der Waals surface area (Å²) in [7, 11) is 0. The molecule has 2 rings (SSSR count). The molecule has 0 heterocycles. The van der Waals surface area contributed by atoms with Gasteiger partial charge in [-0.3, -0.25) is 0 Å². The van der Waals surface area contributed by atoms with E-state index in [9.17, 15) is 4.39 Å². The van der Waals surface area contributed by atoms with Gasteiger partial charge in [0.25, 0.3) is 0 Å². The monoisotopic (exact) mass is 310 g/mol. The summed E-state index contributed by atoms with van der Waals surface area (Å²) in [6.45, 7) is 5.58. The zero-order valence-electron chi connectivity index (χ0n) is 14.2. The molecular weight excluding hydrogens is 283 g/mol. The molecule has 0 bridgehead atoms. The highest BCUT2D eigenvalue weighted by Crippen LogP contribution is 2.23. The minimum absolute atomic E-state index is 0.383. The van der Waals surface area contributed by atoms with Crippen LogP contribution < -0.4 is 0 Å². The van der Waals surface area contributed by atoms with Gasteiger partial charge < -0.3 is 0 Å². The Kier molecular flexibility index (Phi) is 7.06. The van der Waals surface area contributed by atoms with E-state index in [0.29, 0.717) is 5.56 Å². The van der Waals surface area contributed by atoms with Crippen LogP contribution >= 0.6 is 0 Å². The van der Waals surface area contributed by atoms with E-state index < -0.39 is 0 Å². The predicted molar refractivity (Wildman–Crippen MR) is 99.1 cm³/mol. The molecule has 0 aromatic heterocycles. The second kappa shape index (κ2) is 9.29. The first-order valence-corrected chi connectivity index (χ1v) is 8.75. The van der Waals surface area contributed by atoms with E-state index in [0.717, 1.165) is 12.0 Å². The van der Waals surface area contributed by atoms with Crippen molar-refractivity contribution in [2.75, 3.05) is 0 Å². The highest BCUT2D eigenvalue weighted by Gasteiger charge is 2.01. The third-order valence-corrected chi connectivity index (χ3v) is 4.30. The highest BCUT2D eigenvalue weighted by atomic mass is 19.1. The lowest BCUT2D eigenvalue weighted by atomic mass is 10.00. The zero-order chi connectivity index (χ0) is 16.5. The van der Waals surface area contributed by atoms with Crippen molar-refractivity contribution < 1.29 is 4.39 Å². The standard InChI is InChI=1S/C22H27F/c1-3-4-5-6-7-8-9-19-10-12-21(13-11-19)22-16-14-20(15-17-22)18(2)23/h10-17H,2-9H2,1H3. The molecule has 0 spiro atoms. The lowest BCUT2D eigenvalue weighted by Gasteiger charge is -2.06. The maximum atomic E-state index is 13.0. The summed E-state index contributed by atoms with van der Waals surface area (Å²) < 4.78 is 13.0. The highest BCUT2D eigenvalue weighted by molar-refractivity contribution is 5.67.